The molecule has 1 fully saturated rings. The molecule has 3 N–H and O–H groups in total. The predicted octanol–water partition coefficient (Wildman–Crippen LogP) is 3.00. The van der Waals surface area contributed by atoms with Crippen LogP contribution in [0.2, 0.25) is 0 Å². The Labute approximate surface area is 128 Å². The van der Waals surface area contributed by atoms with E-state index in [0.717, 1.165) is 35.5 Å². The number of amides is 1. The number of thioether (sulfide) groups is 1. The third-order valence-electron chi connectivity index (χ3n) is 4.73. The second kappa shape index (κ2) is 5.97. The van der Waals surface area contributed by atoms with Crippen molar-refractivity contribution in [3.05, 3.63) is 29.6 Å². The highest BCUT2D eigenvalue weighted by Gasteiger charge is 2.38. The maximum Gasteiger partial charge on any atom is 0.221 e. The van der Waals surface area contributed by atoms with Crippen molar-refractivity contribution in [2.24, 2.45) is 11.1 Å². The summed E-state index contributed by atoms with van der Waals surface area (Å²) in [5.74, 6) is 0.756. The van der Waals surface area contributed by atoms with Gasteiger partial charge in [-0.05, 0) is 55.0 Å². The van der Waals surface area contributed by atoms with E-state index in [1.807, 2.05) is 0 Å². The number of benzene rings is 1. The van der Waals surface area contributed by atoms with Crippen molar-refractivity contribution in [2.45, 2.75) is 43.0 Å². The van der Waals surface area contributed by atoms with Crippen LogP contribution in [0, 0.1) is 11.2 Å². The van der Waals surface area contributed by atoms with E-state index in [4.69, 9.17) is 5.73 Å². The van der Waals surface area contributed by atoms with Crippen LogP contribution in [-0.2, 0) is 4.79 Å². The van der Waals surface area contributed by atoms with Crippen molar-refractivity contribution >= 4 is 17.7 Å². The first kappa shape index (κ1) is 14.9. The third-order valence-corrected chi connectivity index (χ3v) is 5.85. The molecule has 0 saturated heterocycles. The molecule has 1 aliphatic heterocycles. The number of carbonyl (C=O) groups excluding carboxylic acids is 1. The lowest BCUT2D eigenvalue weighted by Crippen LogP contribution is -2.42. The number of rotatable bonds is 4. The van der Waals surface area contributed by atoms with Gasteiger partial charge in [-0.15, -0.1) is 11.8 Å². The second-order valence-electron chi connectivity index (χ2n) is 6.17. The summed E-state index contributed by atoms with van der Waals surface area (Å²) in [6.45, 7) is 0.576. The van der Waals surface area contributed by atoms with Gasteiger partial charge in [0.2, 0.25) is 5.91 Å². The van der Waals surface area contributed by atoms with E-state index in [0.29, 0.717) is 13.0 Å². The minimum atomic E-state index is -0.243. The normalized spacial score (nSPS) is 23.0. The fraction of sp³-hybridized carbons (Fsp3) is 0.562. The van der Waals surface area contributed by atoms with Crippen molar-refractivity contribution < 1.29 is 9.18 Å². The maximum absolute atomic E-state index is 13.5. The molecule has 0 radical (unpaired) electrons. The summed E-state index contributed by atoms with van der Waals surface area (Å²) in [4.78, 5) is 13.4. The minimum Gasteiger partial charge on any atom is -0.349 e. The second-order valence-corrected chi connectivity index (χ2v) is 7.31. The average Bonchev–Trinajstić information content (AvgIpc) is 2.43. The van der Waals surface area contributed by atoms with E-state index in [1.165, 1.54) is 12.5 Å². The van der Waals surface area contributed by atoms with Crippen LogP contribution >= 0.6 is 11.8 Å². The molecule has 21 heavy (non-hydrogen) atoms. The van der Waals surface area contributed by atoms with Crippen molar-refractivity contribution in [3.8, 4) is 0 Å². The summed E-state index contributed by atoms with van der Waals surface area (Å²) in [6.07, 6.45) is 4.60. The largest absolute Gasteiger partial charge is 0.349 e. The van der Waals surface area contributed by atoms with Gasteiger partial charge >= 0.3 is 0 Å². The Morgan fingerprint density at radius 2 is 2.29 bits per heavy atom. The van der Waals surface area contributed by atoms with Crippen LogP contribution in [-0.4, -0.2) is 18.2 Å². The summed E-state index contributed by atoms with van der Waals surface area (Å²) in [6, 6.07) is 4.77. The Morgan fingerprint density at radius 3 is 2.95 bits per heavy atom. The molecule has 1 aromatic carbocycles. The summed E-state index contributed by atoms with van der Waals surface area (Å²) < 4.78 is 13.5. The first-order valence-corrected chi connectivity index (χ1v) is 8.52. The van der Waals surface area contributed by atoms with Gasteiger partial charge in [-0.25, -0.2) is 4.39 Å². The monoisotopic (exact) mass is 308 g/mol. The Kier molecular flexibility index (Phi) is 4.22. The zero-order valence-electron chi connectivity index (χ0n) is 12.0. The van der Waals surface area contributed by atoms with Gasteiger partial charge in [0.1, 0.15) is 5.82 Å². The van der Waals surface area contributed by atoms with E-state index in [1.54, 1.807) is 23.9 Å². The van der Waals surface area contributed by atoms with Gasteiger partial charge in [-0.3, -0.25) is 4.79 Å². The molecule has 3 rings (SSSR count). The van der Waals surface area contributed by atoms with Gasteiger partial charge in [0.25, 0.3) is 0 Å². The molecule has 2 aliphatic rings. The van der Waals surface area contributed by atoms with Gasteiger partial charge in [-0.2, -0.15) is 0 Å². The number of nitrogens with two attached hydrogens (primary N) is 1. The Bertz CT molecular complexity index is 540. The first-order valence-electron chi connectivity index (χ1n) is 7.54. The van der Waals surface area contributed by atoms with Crippen LogP contribution in [0.1, 0.15) is 43.7 Å². The highest BCUT2D eigenvalue weighted by Crippen LogP contribution is 2.43. The van der Waals surface area contributed by atoms with E-state index >= 15 is 0 Å². The lowest BCUT2D eigenvalue weighted by Gasteiger charge is -2.40. The Hall–Kier alpha value is -1.07. The van der Waals surface area contributed by atoms with Crippen molar-refractivity contribution in [3.63, 3.8) is 0 Å². The molecule has 1 saturated carbocycles. The molecule has 114 valence electrons. The molecule has 0 bridgehead atoms. The fourth-order valence-corrected chi connectivity index (χ4v) is 4.34. The van der Waals surface area contributed by atoms with Crippen LogP contribution in [0.3, 0.4) is 0 Å². The van der Waals surface area contributed by atoms with Crippen LogP contribution in [0.4, 0.5) is 4.39 Å². The van der Waals surface area contributed by atoms with E-state index < -0.39 is 0 Å². The number of hydrogen-bond acceptors (Lipinski definition) is 3. The minimum absolute atomic E-state index is 0.0122. The van der Waals surface area contributed by atoms with Crippen molar-refractivity contribution in [1.82, 2.24) is 5.32 Å². The average molecular weight is 308 g/mol. The summed E-state index contributed by atoms with van der Waals surface area (Å²) >= 11 is 1.72. The quantitative estimate of drug-likeness (QED) is 0.899. The van der Waals surface area contributed by atoms with Gasteiger partial charge in [0.05, 0.1) is 6.04 Å². The first-order chi connectivity index (χ1) is 10.1. The number of fused-ring (bicyclic) bond motifs is 1. The number of nitrogens with one attached hydrogen (secondary N) is 1. The van der Waals surface area contributed by atoms with Gasteiger partial charge in [0, 0.05) is 17.1 Å². The molecule has 1 amide bonds. The fourth-order valence-electron chi connectivity index (χ4n) is 3.23. The molecule has 1 unspecified atom stereocenters. The van der Waals surface area contributed by atoms with E-state index in [2.05, 4.69) is 5.32 Å². The molecular formula is C16H21FN2OS. The Morgan fingerprint density at radius 1 is 1.48 bits per heavy atom. The van der Waals surface area contributed by atoms with Crippen LogP contribution in [0.25, 0.3) is 0 Å². The highest BCUT2D eigenvalue weighted by atomic mass is 32.2. The molecular weight excluding hydrogens is 287 g/mol. The summed E-state index contributed by atoms with van der Waals surface area (Å²) in [5, 5.41) is 3.09. The predicted molar refractivity (Wildman–Crippen MR) is 82.6 cm³/mol. The smallest absolute Gasteiger partial charge is 0.221 e. The van der Waals surface area contributed by atoms with Gasteiger partial charge < -0.3 is 11.1 Å². The van der Waals surface area contributed by atoms with Crippen LogP contribution in [0.5, 0.6) is 0 Å². The van der Waals surface area contributed by atoms with Crippen LogP contribution in [0.15, 0.2) is 23.1 Å². The molecule has 1 aliphatic carbocycles. The third kappa shape index (κ3) is 3.09. The molecule has 0 spiro atoms. The van der Waals surface area contributed by atoms with Crippen molar-refractivity contribution in [1.29, 1.82) is 0 Å². The molecule has 1 atom stereocenters. The van der Waals surface area contributed by atoms with Crippen LogP contribution < -0.4 is 11.1 Å². The number of halogens is 1. The number of carbonyl (C=O) groups is 1. The maximum atomic E-state index is 13.5. The zero-order valence-corrected chi connectivity index (χ0v) is 12.8. The van der Waals surface area contributed by atoms with E-state index in [-0.39, 0.29) is 23.2 Å². The molecule has 0 aromatic heterocycles. The Balaban J connectivity index is 1.68. The summed E-state index contributed by atoms with van der Waals surface area (Å²) in [5.41, 5.74) is 6.74. The zero-order chi connectivity index (χ0) is 14.9. The lowest BCUT2D eigenvalue weighted by molar-refractivity contribution is -0.125. The van der Waals surface area contributed by atoms with E-state index in [9.17, 15) is 9.18 Å². The highest BCUT2D eigenvalue weighted by molar-refractivity contribution is 7.99. The van der Waals surface area contributed by atoms with Gasteiger partial charge in [-0.1, -0.05) is 6.42 Å². The molecule has 1 aromatic rings. The topological polar surface area (TPSA) is 55.1 Å². The SMILES string of the molecule is NCC1(CC(=O)NC2CCSc3ccc(F)cc32)CCC1. The standard InChI is InChI=1S/C16H21FN2OS/c17-11-2-3-14-12(8-11)13(4-7-21-14)19-15(20)9-16(10-18)5-1-6-16/h2-3,8,13H,1,4-7,9-10,18H2,(H,19,20). The molecule has 5 heteroatoms. The number of hydrogen-bond donors (Lipinski definition) is 2. The molecule has 3 nitrogen and oxygen atoms in total. The molecule has 1 heterocycles. The summed E-state index contributed by atoms with van der Waals surface area (Å²) in [7, 11) is 0. The lowest BCUT2D eigenvalue weighted by atomic mass is 9.66. The van der Waals surface area contributed by atoms with Crippen molar-refractivity contribution in [2.75, 3.05) is 12.3 Å². The van der Waals surface area contributed by atoms with Gasteiger partial charge in [0.15, 0.2) is 0 Å².